The number of nitrogens with zero attached hydrogens (tertiary/aromatic N) is 3. The number of nitrogens with one attached hydrogen (secondary N) is 2. The molecule has 0 fully saturated rings. The van der Waals surface area contributed by atoms with Gasteiger partial charge < -0.3 is 10.6 Å². The minimum Gasteiger partial charge on any atom is -0.328 e. The lowest BCUT2D eigenvalue weighted by Gasteiger charge is -2.28. The maximum absolute atomic E-state index is 13.5. The van der Waals surface area contributed by atoms with E-state index in [2.05, 4.69) is 10.6 Å². The van der Waals surface area contributed by atoms with Crippen LogP contribution in [-0.2, 0) is 10.5 Å². The first kappa shape index (κ1) is 23.2. The van der Waals surface area contributed by atoms with Gasteiger partial charge in [0.05, 0.1) is 5.57 Å². The Bertz CT molecular complexity index is 1420. The van der Waals surface area contributed by atoms with Crippen molar-refractivity contribution in [2.45, 2.75) is 30.8 Å². The van der Waals surface area contributed by atoms with Crippen molar-refractivity contribution in [2.75, 3.05) is 10.6 Å². The van der Waals surface area contributed by atoms with Crippen LogP contribution in [0.5, 0.6) is 0 Å². The predicted molar refractivity (Wildman–Crippen MR) is 142 cm³/mol. The first-order chi connectivity index (χ1) is 17.0. The first-order valence-corrected chi connectivity index (χ1v) is 12.6. The van der Waals surface area contributed by atoms with Crippen molar-refractivity contribution in [3.63, 3.8) is 0 Å². The van der Waals surface area contributed by atoms with Crippen LogP contribution in [0, 0.1) is 6.92 Å². The van der Waals surface area contributed by atoms with Gasteiger partial charge in [-0.3, -0.25) is 4.79 Å². The molecule has 1 amide bonds. The summed E-state index contributed by atoms with van der Waals surface area (Å²) in [4.78, 5) is 18.3. The average Bonchev–Trinajstić information content (AvgIpc) is 3.25. The number of aryl methyl sites for hydroxylation is 1. The maximum Gasteiger partial charge on any atom is 0.255 e. The third kappa shape index (κ3) is 4.97. The zero-order valence-electron chi connectivity index (χ0n) is 19.3. The molecule has 8 heteroatoms. The van der Waals surface area contributed by atoms with E-state index in [4.69, 9.17) is 21.7 Å². The Morgan fingerprint density at radius 2 is 1.83 bits per heavy atom. The largest absolute Gasteiger partial charge is 0.328 e. The van der Waals surface area contributed by atoms with Crippen molar-refractivity contribution in [1.82, 2.24) is 14.8 Å². The van der Waals surface area contributed by atoms with Gasteiger partial charge in [0.2, 0.25) is 11.1 Å². The van der Waals surface area contributed by atoms with Crippen LogP contribution >= 0.6 is 23.4 Å². The highest BCUT2D eigenvalue weighted by Crippen LogP contribution is 2.37. The average molecular weight is 502 g/mol. The van der Waals surface area contributed by atoms with Gasteiger partial charge >= 0.3 is 0 Å². The Kier molecular flexibility index (Phi) is 6.61. The van der Waals surface area contributed by atoms with Gasteiger partial charge in [-0.2, -0.15) is 4.98 Å². The van der Waals surface area contributed by atoms with Crippen molar-refractivity contribution < 1.29 is 4.79 Å². The number of allylic oxidation sites excluding steroid dienone is 1. The van der Waals surface area contributed by atoms with Crippen LogP contribution in [0.1, 0.15) is 29.7 Å². The van der Waals surface area contributed by atoms with Gasteiger partial charge in [0.1, 0.15) is 6.04 Å². The number of hydrogen-bond donors (Lipinski definition) is 2. The quantitative estimate of drug-likeness (QED) is 0.297. The Morgan fingerprint density at radius 3 is 2.60 bits per heavy atom. The molecule has 0 bridgehead atoms. The minimum absolute atomic E-state index is 0.180. The normalized spacial score (nSPS) is 14.9. The summed E-state index contributed by atoms with van der Waals surface area (Å²) < 4.78 is 1.79. The molecule has 176 valence electrons. The third-order valence-corrected chi connectivity index (χ3v) is 7.04. The fourth-order valence-electron chi connectivity index (χ4n) is 4.11. The Balaban J connectivity index is 1.48. The Hall–Kier alpha value is -3.55. The lowest BCUT2D eigenvalue weighted by atomic mass is 9.95. The zero-order valence-corrected chi connectivity index (χ0v) is 20.9. The molecule has 4 aromatic rings. The smallest absolute Gasteiger partial charge is 0.255 e. The lowest BCUT2D eigenvalue weighted by Crippen LogP contribution is -2.31. The number of thioether (sulfide) groups is 1. The van der Waals surface area contributed by atoms with Gasteiger partial charge in [-0.25, -0.2) is 4.68 Å². The van der Waals surface area contributed by atoms with Crippen LogP contribution in [0.25, 0.3) is 0 Å². The summed E-state index contributed by atoms with van der Waals surface area (Å²) in [7, 11) is 0. The van der Waals surface area contributed by atoms with E-state index in [1.807, 2.05) is 92.7 Å². The number of carbonyl (C=O) groups is 1. The Labute approximate surface area is 213 Å². The molecule has 5 rings (SSSR count). The highest BCUT2D eigenvalue weighted by molar-refractivity contribution is 7.98. The SMILES string of the molecule is CC1=C(C(=O)Nc2cccc(C)c2)C(c2ccccc2)n2nc(SCc3ccccc3Cl)nc2N1. The van der Waals surface area contributed by atoms with Crippen LogP contribution in [0.4, 0.5) is 11.6 Å². The lowest BCUT2D eigenvalue weighted by molar-refractivity contribution is -0.113. The molecule has 1 aliphatic heterocycles. The molecule has 1 atom stereocenters. The number of hydrogen-bond acceptors (Lipinski definition) is 5. The van der Waals surface area contributed by atoms with Crippen molar-refractivity contribution in [2.24, 2.45) is 0 Å². The molecular weight excluding hydrogens is 478 g/mol. The molecule has 0 saturated carbocycles. The highest BCUT2D eigenvalue weighted by atomic mass is 35.5. The minimum atomic E-state index is -0.417. The maximum atomic E-state index is 13.5. The van der Waals surface area contributed by atoms with Gasteiger partial charge in [-0.15, -0.1) is 5.10 Å². The number of rotatable bonds is 6. The van der Waals surface area contributed by atoms with E-state index < -0.39 is 6.04 Å². The molecule has 6 nitrogen and oxygen atoms in total. The van der Waals surface area contributed by atoms with E-state index in [0.29, 0.717) is 22.4 Å². The first-order valence-electron chi connectivity index (χ1n) is 11.2. The molecule has 1 unspecified atom stereocenters. The van der Waals surface area contributed by atoms with Crippen LogP contribution in [0.15, 0.2) is 95.3 Å². The topological polar surface area (TPSA) is 71.8 Å². The predicted octanol–water partition coefficient (Wildman–Crippen LogP) is 6.46. The molecule has 1 aromatic heterocycles. The van der Waals surface area contributed by atoms with Crippen molar-refractivity contribution in [1.29, 1.82) is 0 Å². The molecule has 1 aliphatic rings. The number of carbonyl (C=O) groups excluding carboxylic acids is 1. The van der Waals surface area contributed by atoms with Gasteiger partial charge in [0.25, 0.3) is 5.91 Å². The number of benzene rings is 3. The summed E-state index contributed by atoms with van der Waals surface area (Å²) in [5.74, 6) is 1.07. The fraction of sp³-hybridized carbons (Fsp3) is 0.148. The number of anilines is 2. The second kappa shape index (κ2) is 9.98. The number of fused-ring (bicyclic) bond motifs is 1. The molecule has 0 spiro atoms. The van der Waals surface area contributed by atoms with E-state index in [0.717, 1.165) is 33.1 Å². The molecule has 0 radical (unpaired) electrons. The molecule has 3 aromatic carbocycles. The highest BCUT2D eigenvalue weighted by Gasteiger charge is 2.34. The van der Waals surface area contributed by atoms with Gasteiger partial charge in [-0.1, -0.05) is 84.0 Å². The zero-order chi connectivity index (χ0) is 24.4. The molecule has 2 N–H and O–H groups in total. The summed E-state index contributed by atoms with van der Waals surface area (Å²) in [6, 6.07) is 25.0. The molecule has 2 heterocycles. The second-order valence-corrected chi connectivity index (χ2v) is 9.69. The van der Waals surface area contributed by atoms with Crippen LogP contribution < -0.4 is 10.6 Å². The summed E-state index contributed by atoms with van der Waals surface area (Å²) in [6.07, 6.45) is 0. The number of halogens is 1. The standard InChI is InChI=1S/C27H24ClN5OS/c1-17-9-8-13-21(15-17)30-25(34)23-18(2)29-26-31-27(35-16-20-12-6-7-14-22(20)28)32-33(26)24(23)19-10-4-3-5-11-19/h3-15,24H,16H2,1-2H3,(H,30,34)(H,29,31,32). The summed E-state index contributed by atoms with van der Waals surface area (Å²) in [5, 5.41) is 12.5. The second-order valence-electron chi connectivity index (χ2n) is 8.34. The fourth-order valence-corrected chi connectivity index (χ4v) is 5.22. The van der Waals surface area contributed by atoms with Crippen LogP contribution in [0.3, 0.4) is 0 Å². The Morgan fingerprint density at radius 1 is 1.06 bits per heavy atom. The van der Waals surface area contributed by atoms with E-state index in [1.165, 1.54) is 11.8 Å². The van der Waals surface area contributed by atoms with Crippen molar-refractivity contribution in [3.8, 4) is 0 Å². The van der Waals surface area contributed by atoms with E-state index in [9.17, 15) is 4.79 Å². The molecular formula is C27H24ClN5OS. The molecule has 0 aliphatic carbocycles. The number of amides is 1. The van der Waals surface area contributed by atoms with Gasteiger partial charge in [-0.05, 0) is 48.7 Å². The summed E-state index contributed by atoms with van der Waals surface area (Å²) >= 11 is 7.83. The van der Waals surface area contributed by atoms with Crippen molar-refractivity contribution >= 4 is 40.9 Å². The van der Waals surface area contributed by atoms with E-state index >= 15 is 0 Å². The monoisotopic (exact) mass is 501 g/mol. The van der Waals surface area contributed by atoms with Crippen LogP contribution in [-0.4, -0.2) is 20.7 Å². The van der Waals surface area contributed by atoms with Crippen molar-refractivity contribution in [3.05, 3.63) is 112 Å². The van der Waals surface area contributed by atoms with Gasteiger partial charge in [0, 0.05) is 22.2 Å². The summed E-state index contributed by atoms with van der Waals surface area (Å²) in [6.45, 7) is 3.90. The molecule has 0 saturated heterocycles. The third-order valence-electron chi connectivity index (χ3n) is 5.78. The van der Waals surface area contributed by atoms with Crippen LogP contribution in [0.2, 0.25) is 5.02 Å². The summed E-state index contributed by atoms with van der Waals surface area (Å²) in [5.41, 5.74) is 5.14. The van der Waals surface area contributed by atoms with E-state index in [-0.39, 0.29) is 5.91 Å². The van der Waals surface area contributed by atoms with Gasteiger partial charge in [0.15, 0.2) is 0 Å². The number of aromatic nitrogens is 3. The van der Waals surface area contributed by atoms with E-state index in [1.54, 1.807) is 4.68 Å². The molecule has 35 heavy (non-hydrogen) atoms.